The van der Waals surface area contributed by atoms with E-state index in [4.69, 9.17) is 7.05 Å². The Labute approximate surface area is 59.9 Å². The molecule has 1 N–H and O–H groups in total. The molecule has 2 radical (unpaired) electrons. The topological polar surface area (TPSA) is 12.0 Å². The van der Waals surface area contributed by atoms with Gasteiger partial charge in [-0.15, -0.1) is 0 Å². The Morgan fingerprint density at radius 1 is 1.50 bits per heavy atom. The maximum Gasteiger partial charge on any atom is 0.128 e. The van der Waals surface area contributed by atoms with Crippen molar-refractivity contribution in [3.8, 4) is 0 Å². The van der Waals surface area contributed by atoms with Crippen molar-refractivity contribution in [2.75, 3.05) is 5.32 Å². The Hall–Kier alpha value is -1.05. The summed E-state index contributed by atoms with van der Waals surface area (Å²) in [5.74, 6) is -0.240. The first-order valence-corrected chi connectivity index (χ1v) is 2.97. The zero-order valence-corrected chi connectivity index (χ0v) is 5.69. The molecule has 0 fully saturated rings. The zero-order valence-electron chi connectivity index (χ0n) is 5.69. The molecule has 0 aromatic heterocycles. The van der Waals surface area contributed by atoms with E-state index in [1.54, 1.807) is 19.1 Å². The highest BCUT2D eigenvalue weighted by molar-refractivity contribution is 5.50. The fraction of sp³-hybridized carbons (Fsp3) is 0.125. The molecule has 1 rings (SSSR count). The Bertz CT molecular complexity index is 233. The molecule has 0 saturated carbocycles. The minimum Gasteiger partial charge on any atom is -0.378 e. The lowest BCUT2D eigenvalue weighted by Crippen LogP contribution is -1.90. The predicted octanol–water partition coefficient (Wildman–Crippen LogP) is 2.21. The molecule has 0 unspecified atom stereocenters. The molecular weight excluding hydrogens is 129 g/mol. The fourth-order valence-electron chi connectivity index (χ4n) is 0.764. The van der Waals surface area contributed by atoms with Gasteiger partial charge in [-0.1, -0.05) is 6.07 Å². The third kappa shape index (κ3) is 1.10. The second-order valence-corrected chi connectivity index (χ2v) is 2.06. The van der Waals surface area contributed by atoms with Crippen LogP contribution in [0.25, 0.3) is 0 Å². The third-order valence-corrected chi connectivity index (χ3v) is 1.42. The quantitative estimate of drug-likeness (QED) is 0.585. The van der Waals surface area contributed by atoms with Crippen LogP contribution >= 0.6 is 0 Å². The van der Waals surface area contributed by atoms with Crippen LogP contribution in [0.4, 0.5) is 10.1 Å². The number of nitrogens with one attached hydrogen (secondary N) is 1. The molecule has 0 saturated heterocycles. The first-order valence-electron chi connectivity index (χ1n) is 2.97. The second-order valence-electron chi connectivity index (χ2n) is 2.06. The van der Waals surface area contributed by atoms with E-state index in [-0.39, 0.29) is 5.82 Å². The summed E-state index contributed by atoms with van der Waals surface area (Å²) in [7, 11) is 5.10. The Morgan fingerprint density at radius 2 is 2.20 bits per heavy atom. The van der Waals surface area contributed by atoms with Gasteiger partial charge < -0.3 is 5.32 Å². The van der Waals surface area contributed by atoms with E-state index >= 15 is 0 Å². The summed E-state index contributed by atoms with van der Waals surface area (Å²) in [4.78, 5) is 0. The molecular formula is C8H8FN. The molecule has 1 aromatic carbocycles. The predicted molar refractivity (Wildman–Crippen MR) is 39.1 cm³/mol. The standard InChI is InChI=1S/C8H8FN/c1-6-7(9)4-3-5-8(6)10-2/h2-5,10H,1H3. The number of halogens is 1. The molecule has 1 aromatic rings. The summed E-state index contributed by atoms with van der Waals surface area (Å²) in [6.07, 6.45) is 0. The third-order valence-electron chi connectivity index (χ3n) is 1.42. The Morgan fingerprint density at radius 3 is 2.70 bits per heavy atom. The van der Waals surface area contributed by atoms with Crippen LogP contribution in [-0.2, 0) is 0 Å². The summed E-state index contributed by atoms with van der Waals surface area (Å²) in [5, 5.41) is 2.40. The van der Waals surface area contributed by atoms with Crippen LogP contribution in [-0.4, -0.2) is 0 Å². The lowest BCUT2D eigenvalue weighted by atomic mass is 10.2. The van der Waals surface area contributed by atoms with E-state index < -0.39 is 0 Å². The van der Waals surface area contributed by atoms with Crippen molar-refractivity contribution >= 4 is 5.69 Å². The fourth-order valence-corrected chi connectivity index (χ4v) is 0.764. The van der Waals surface area contributed by atoms with Crippen LogP contribution in [0, 0.1) is 19.8 Å². The van der Waals surface area contributed by atoms with Gasteiger partial charge >= 0.3 is 0 Å². The molecule has 0 heterocycles. The summed E-state index contributed by atoms with van der Waals surface area (Å²) >= 11 is 0. The van der Waals surface area contributed by atoms with Gasteiger partial charge in [-0.2, -0.15) is 0 Å². The van der Waals surface area contributed by atoms with Crippen LogP contribution in [0.5, 0.6) is 0 Å². The number of rotatable bonds is 1. The van der Waals surface area contributed by atoms with E-state index in [0.717, 1.165) is 0 Å². The molecule has 52 valence electrons. The highest BCUT2D eigenvalue weighted by Gasteiger charge is 1.99. The van der Waals surface area contributed by atoms with E-state index in [1.165, 1.54) is 6.07 Å². The molecule has 1 nitrogen and oxygen atoms in total. The summed E-state index contributed by atoms with van der Waals surface area (Å²) in [5.41, 5.74) is 1.17. The van der Waals surface area contributed by atoms with E-state index in [0.29, 0.717) is 11.3 Å². The molecule has 0 atom stereocenters. The van der Waals surface area contributed by atoms with E-state index in [1.807, 2.05) is 0 Å². The highest BCUT2D eigenvalue weighted by atomic mass is 19.1. The largest absolute Gasteiger partial charge is 0.378 e. The van der Waals surface area contributed by atoms with Crippen LogP contribution < -0.4 is 5.32 Å². The van der Waals surface area contributed by atoms with Gasteiger partial charge in [0, 0.05) is 11.3 Å². The molecule has 0 aliphatic carbocycles. The number of hydrogen-bond acceptors (Lipinski definition) is 1. The van der Waals surface area contributed by atoms with Crippen molar-refractivity contribution in [3.05, 3.63) is 36.6 Å². The molecule has 0 spiro atoms. The molecule has 0 amide bonds. The molecule has 0 bridgehead atoms. The van der Waals surface area contributed by atoms with Crippen molar-refractivity contribution in [1.29, 1.82) is 0 Å². The van der Waals surface area contributed by atoms with Crippen molar-refractivity contribution in [1.82, 2.24) is 0 Å². The maximum atomic E-state index is 12.7. The van der Waals surface area contributed by atoms with Crippen LogP contribution in [0.2, 0.25) is 0 Å². The summed E-state index contributed by atoms with van der Waals surface area (Å²) in [6, 6.07) is 4.73. The van der Waals surface area contributed by atoms with Gasteiger partial charge in [0.2, 0.25) is 0 Å². The van der Waals surface area contributed by atoms with Gasteiger partial charge in [0.15, 0.2) is 0 Å². The highest BCUT2D eigenvalue weighted by Crippen LogP contribution is 2.16. The number of hydrogen-bond donors (Lipinski definition) is 1. The maximum absolute atomic E-state index is 12.7. The normalized spacial score (nSPS) is 9.50. The summed E-state index contributed by atoms with van der Waals surface area (Å²) in [6.45, 7) is 1.67. The van der Waals surface area contributed by atoms with Crippen molar-refractivity contribution < 1.29 is 4.39 Å². The van der Waals surface area contributed by atoms with E-state index in [2.05, 4.69) is 5.32 Å². The minimum atomic E-state index is -0.240. The van der Waals surface area contributed by atoms with Crippen molar-refractivity contribution in [2.24, 2.45) is 0 Å². The van der Waals surface area contributed by atoms with Gasteiger partial charge in [-0.25, -0.2) is 4.39 Å². The average molecular weight is 137 g/mol. The van der Waals surface area contributed by atoms with Crippen molar-refractivity contribution in [2.45, 2.75) is 6.92 Å². The molecule has 2 heteroatoms. The van der Waals surface area contributed by atoms with Crippen LogP contribution in [0.15, 0.2) is 18.2 Å². The van der Waals surface area contributed by atoms with E-state index in [9.17, 15) is 4.39 Å². The second kappa shape index (κ2) is 2.69. The Balaban J connectivity index is 3.14. The molecule has 10 heavy (non-hydrogen) atoms. The van der Waals surface area contributed by atoms with Gasteiger partial charge in [0.25, 0.3) is 0 Å². The monoisotopic (exact) mass is 137 g/mol. The van der Waals surface area contributed by atoms with Crippen LogP contribution in [0.1, 0.15) is 5.56 Å². The molecule has 0 aliphatic heterocycles. The minimum absolute atomic E-state index is 0.240. The van der Waals surface area contributed by atoms with Crippen LogP contribution in [0.3, 0.4) is 0 Å². The lowest BCUT2D eigenvalue weighted by molar-refractivity contribution is 0.619. The SMILES string of the molecule is [CH]Nc1cccc(F)c1C. The average Bonchev–Trinajstić information content (AvgIpc) is 1.95. The van der Waals surface area contributed by atoms with Crippen molar-refractivity contribution in [3.63, 3.8) is 0 Å². The van der Waals surface area contributed by atoms with Gasteiger partial charge in [-0.05, 0) is 19.1 Å². The smallest absolute Gasteiger partial charge is 0.128 e. The first-order chi connectivity index (χ1) is 4.75. The zero-order chi connectivity index (χ0) is 7.56. The number of anilines is 1. The van der Waals surface area contributed by atoms with Gasteiger partial charge in [0.05, 0.1) is 7.05 Å². The molecule has 0 aliphatic rings. The lowest BCUT2D eigenvalue weighted by Gasteiger charge is -2.03. The first kappa shape index (κ1) is 7.06. The summed E-state index contributed by atoms with van der Waals surface area (Å²) < 4.78 is 12.7. The van der Waals surface area contributed by atoms with Gasteiger partial charge in [0.1, 0.15) is 5.82 Å². The Kier molecular flexibility index (Phi) is 1.90. The number of benzene rings is 1. The van der Waals surface area contributed by atoms with Gasteiger partial charge in [-0.3, -0.25) is 0 Å².